The van der Waals surface area contributed by atoms with Gasteiger partial charge in [-0.05, 0) is 19.4 Å². The number of oxazole rings is 1. The Balaban J connectivity index is 1.60. The fourth-order valence-corrected chi connectivity index (χ4v) is 4.62. The van der Waals surface area contributed by atoms with Crippen molar-refractivity contribution in [3.05, 3.63) is 63.2 Å². The summed E-state index contributed by atoms with van der Waals surface area (Å²) in [6.45, 7) is 3.99. The van der Waals surface area contributed by atoms with E-state index >= 15 is 0 Å². The highest BCUT2D eigenvalue weighted by molar-refractivity contribution is 7.98. The van der Waals surface area contributed by atoms with Gasteiger partial charge in [-0.15, -0.1) is 11.3 Å². The molecular weight excluding hydrogens is 366 g/mol. The lowest BCUT2D eigenvalue weighted by Gasteiger charge is -2.06. The number of nitrogens with zero attached hydrogens (tertiary/aromatic N) is 3. The summed E-state index contributed by atoms with van der Waals surface area (Å²) < 4.78 is 7.43. The van der Waals surface area contributed by atoms with Crippen molar-refractivity contribution in [3.63, 3.8) is 0 Å². The Bertz CT molecular complexity index is 1140. The van der Waals surface area contributed by atoms with Crippen molar-refractivity contribution in [1.29, 1.82) is 0 Å². The van der Waals surface area contributed by atoms with Gasteiger partial charge in [-0.3, -0.25) is 9.36 Å². The zero-order valence-electron chi connectivity index (χ0n) is 14.6. The van der Waals surface area contributed by atoms with Crippen molar-refractivity contribution >= 4 is 33.3 Å². The summed E-state index contributed by atoms with van der Waals surface area (Å²) in [6, 6.07) is 9.86. The molecule has 0 unspecified atom stereocenters. The van der Waals surface area contributed by atoms with E-state index in [4.69, 9.17) is 4.42 Å². The van der Waals surface area contributed by atoms with Crippen LogP contribution in [0.5, 0.6) is 0 Å². The first-order chi connectivity index (χ1) is 12.5. The van der Waals surface area contributed by atoms with Gasteiger partial charge < -0.3 is 4.42 Å². The van der Waals surface area contributed by atoms with E-state index in [0.717, 1.165) is 32.0 Å². The number of aryl methyl sites for hydroxylation is 2. The Morgan fingerprint density at radius 1 is 1.23 bits per heavy atom. The van der Waals surface area contributed by atoms with Gasteiger partial charge in [0.25, 0.3) is 5.56 Å². The largest absolute Gasteiger partial charge is 0.440 e. The fourth-order valence-electron chi connectivity index (χ4n) is 2.72. The summed E-state index contributed by atoms with van der Waals surface area (Å²) in [6.07, 6.45) is 1.73. The van der Waals surface area contributed by atoms with E-state index in [9.17, 15) is 4.79 Å². The van der Waals surface area contributed by atoms with E-state index in [0.29, 0.717) is 16.8 Å². The van der Waals surface area contributed by atoms with Gasteiger partial charge in [0.2, 0.25) is 5.89 Å². The topological polar surface area (TPSA) is 60.9 Å². The molecule has 1 aromatic carbocycles. The molecule has 132 valence electrons. The zero-order chi connectivity index (χ0) is 18.3. The molecule has 0 aliphatic heterocycles. The van der Waals surface area contributed by atoms with Crippen LogP contribution in [-0.2, 0) is 12.8 Å². The van der Waals surface area contributed by atoms with Crippen LogP contribution >= 0.6 is 23.1 Å². The lowest BCUT2D eigenvalue weighted by molar-refractivity contribution is 0.529. The number of hydrogen-bond donors (Lipinski definition) is 0. The first-order valence-electron chi connectivity index (χ1n) is 8.14. The van der Waals surface area contributed by atoms with Gasteiger partial charge in [-0.25, -0.2) is 9.97 Å². The molecule has 26 heavy (non-hydrogen) atoms. The number of hydrogen-bond acceptors (Lipinski definition) is 6. The molecule has 4 aromatic rings. The van der Waals surface area contributed by atoms with E-state index in [1.54, 1.807) is 29.1 Å². The van der Waals surface area contributed by atoms with Crippen molar-refractivity contribution < 1.29 is 4.42 Å². The van der Waals surface area contributed by atoms with Crippen LogP contribution < -0.4 is 5.56 Å². The van der Waals surface area contributed by atoms with Crippen LogP contribution in [0.25, 0.3) is 21.5 Å². The molecule has 0 N–H and O–H groups in total. The van der Waals surface area contributed by atoms with Crippen LogP contribution in [0, 0.1) is 13.8 Å². The second kappa shape index (κ2) is 6.74. The van der Waals surface area contributed by atoms with Gasteiger partial charge in [-0.2, -0.15) is 0 Å². The first-order valence-corrected chi connectivity index (χ1v) is 9.94. The van der Waals surface area contributed by atoms with Crippen molar-refractivity contribution in [1.82, 2.24) is 14.5 Å². The number of thiophene rings is 1. The molecule has 4 rings (SSSR count). The molecule has 0 amide bonds. The molecule has 0 fully saturated rings. The van der Waals surface area contributed by atoms with Crippen molar-refractivity contribution in [2.45, 2.75) is 24.8 Å². The second-order valence-electron chi connectivity index (χ2n) is 5.99. The summed E-state index contributed by atoms with van der Waals surface area (Å²) in [4.78, 5) is 23.6. The monoisotopic (exact) mass is 383 g/mol. The van der Waals surface area contributed by atoms with Crippen molar-refractivity contribution in [2.75, 3.05) is 0 Å². The summed E-state index contributed by atoms with van der Waals surface area (Å²) in [7, 11) is 1.76. The molecule has 0 spiro atoms. The third-order valence-electron chi connectivity index (χ3n) is 4.31. The average molecular weight is 383 g/mol. The smallest absolute Gasteiger partial charge is 0.262 e. The zero-order valence-corrected chi connectivity index (χ0v) is 16.3. The molecule has 5 nitrogen and oxygen atoms in total. The Hall–Kier alpha value is -2.38. The summed E-state index contributed by atoms with van der Waals surface area (Å²) >= 11 is 3.02. The van der Waals surface area contributed by atoms with Crippen LogP contribution in [0.3, 0.4) is 0 Å². The number of thioether (sulfide) groups is 1. The lowest BCUT2D eigenvalue weighted by Crippen LogP contribution is -2.19. The lowest BCUT2D eigenvalue weighted by atomic mass is 10.2. The maximum absolute atomic E-state index is 12.7. The molecule has 0 aliphatic rings. The highest BCUT2D eigenvalue weighted by Gasteiger charge is 2.16. The summed E-state index contributed by atoms with van der Waals surface area (Å²) in [5, 5.41) is 1.39. The minimum atomic E-state index is -0.00303. The molecule has 0 radical (unpaired) electrons. The Labute approximate surface area is 158 Å². The minimum Gasteiger partial charge on any atom is -0.440 e. The van der Waals surface area contributed by atoms with Crippen molar-refractivity contribution in [3.8, 4) is 11.3 Å². The highest BCUT2D eigenvalue weighted by atomic mass is 32.2. The van der Waals surface area contributed by atoms with Crippen molar-refractivity contribution in [2.24, 2.45) is 7.05 Å². The third kappa shape index (κ3) is 2.97. The van der Waals surface area contributed by atoms with E-state index in [1.807, 2.05) is 44.2 Å². The van der Waals surface area contributed by atoms with Crippen LogP contribution in [0.2, 0.25) is 0 Å². The molecule has 0 bridgehead atoms. The molecule has 3 aromatic heterocycles. The van der Waals surface area contributed by atoms with E-state index in [1.165, 1.54) is 11.8 Å². The standard InChI is InChI=1S/C19H17N3O2S2/c1-11-12(2)26-17-16(11)18(23)22(3)19(21-17)25-10-15-20-9-14(24-15)13-7-5-4-6-8-13/h4-9H,10H2,1-3H3. The molecule has 3 heterocycles. The van der Waals surface area contributed by atoms with Crippen LogP contribution in [0.1, 0.15) is 16.3 Å². The predicted octanol–water partition coefficient (Wildman–Crippen LogP) is 4.56. The number of rotatable bonds is 4. The van der Waals surface area contributed by atoms with E-state index in [-0.39, 0.29) is 5.56 Å². The van der Waals surface area contributed by atoms with Gasteiger partial charge in [0.1, 0.15) is 4.83 Å². The summed E-state index contributed by atoms with van der Waals surface area (Å²) in [5.41, 5.74) is 2.01. The van der Waals surface area contributed by atoms with Gasteiger partial charge in [0, 0.05) is 17.5 Å². The highest BCUT2D eigenvalue weighted by Crippen LogP contribution is 2.29. The Morgan fingerprint density at radius 3 is 2.77 bits per heavy atom. The van der Waals surface area contributed by atoms with Gasteiger partial charge in [0.15, 0.2) is 10.9 Å². The third-order valence-corrected chi connectivity index (χ3v) is 6.42. The van der Waals surface area contributed by atoms with Gasteiger partial charge >= 0.3 is 0 Å². The minimum absolute atomic E-state index is 0.00303. The number of fused-ring (bicyclic) bond motifs is 1. The maximum atomic E-state index is 12.7. The maximum Gasteiger partial charge on any atom is 0.262 e. The van der Waals surface area contributed by atoms with Crippen LogP contribution in [0.4, 0.5) is 0 Å². The average Bonchev–Trinajstić information content (AvgIpc) is 3.23. The molecular formula is C19H17N3O2S2. The van der Waals surface area contributed by atoms with Crippen LogP contribution in [-0.4, -0.2) is 14.5 Å². The molecule has 0 saturated heterocycles. The fraction of sp³-hybridized carbons (Fsp3) is 0.211. The normalized spacial score (nSPS) is 11.3. The molecule has 0 aliphatic carbocycles. The molecule has 0 saturated carbocycles. The predicted molar refractivity (Wildman–Crippen MR) is 106 cm³/mol. The molecule has 0 atom stereocenters. The second-order valence-corrected chi connectivity index (χ2v) is 8.14. The molecule has 7 heteroatoms. The van der Waals surface area contributed by atoms with E-state index < -0.39 is 0 Å². The number of aromatic nitrogens is 3. The Kier molecular flexibility index (Phi) is 4.42. The van der Waals surface area contributed by atoms with Crippen LogP contribution in [0.15, 0.2) is 50.9 Å². The number of benzene rings is 1. The first kappa shape index (κ1) is 17.1. The van der Waals surface area contributed by atoms with Gasteiger partial charge in [0.05, 0.1) is 17.3 Å². The summed E-state index contributed by atoms with van der Waals surface area (Å²) in [5.74, 6) is 1.87. The van der Waals surface area contributed by atoms with E-state index in [2.05, 4.69) is 9.97 Å². The van der Waals surface area contributed by atoms with Gasteiger partial charge in [-0.1, -0.05) is 42.1 Å². The Morgan fingerprint density at radius 2 is 2.00 bits per heavy atom. The quantitative estimate of drug-likeness (QED) is 0.382. The SMILES string of the molecule is Cc1sc2nc(SCc3ncc(-c4ccccc4)o3)n(C)c(=O)c2c1C.